The summed E-state index contributed by atoms with van der Waals surface area (Å²) in [6.45, 7) is 1.68. The van der Waals surface area contributed by atoms with Crippen LogP contribution in [0.5, 0.6) is 0 Å². The fourth-order valence-corrected chi connectivity index (χ4v) is 2.76. The van der Waals surface area contributed by atoms with Crippen LogP contribution in [0.25, 0.3) is 0 Å². The fourth-order valence-electron chi connectivity index (χ4n) is 2.76. The lowest BCUT2D eigenvalue weighted by molar-refractivity contribution is -0.121. The molecule has 2 aromatic rings. The van der Waals surface area contributed by atoms with E-state index in [9.17, 15) is 9.59 Å². The molecule has 6 heteroatoms. The van der Waals surface area contributed by atoms with Gasteiger partial charge in [-0.1, -0.05) is 30.3 Å². The Morgan fingerprint density at radius 2 is 1.88 bits per heavy atom. The van der Waals surface area contributed by atoms with E-state index in [0.29, 0.717) is 31.9 Å². The van der Waals surface area contributed by atoms with Gasteiger partial charge in [0.1, 0.15) is 6.04 Å². The number of anilines is 2. The summed E-state index contributed by atoms with van der Waals surface area (Å²) in [7, 11) is 1.77. The van der Waals surface area contributed by atoms with Gasteiger partial charge in [0, 0.05) is 25.0 Å². The van der Waals surface area contributed by atoms with Crippen molar-refractivity contribution >= 4 is 23.2 Å². The SMILES string of the molecule is CN(C(=O)Cc1ccc(NC(=O)C2COCCN2)cc1)c1ccccc1. The zero-order valence-corrected chi connectivity index (χ0v) is 14.8. The van der Waals surface area contributed by atoms with Crippen molar-refractivity contribution in [1.82, 2.24) is 5.32 Å². The number of nitrogens with zero attached hydrogens (tertiary/aromatic N) is 1. The molecular formula is C20H23N3O3. The van der Waals surface area contributed by atoms with E-state index in [2.05, 4.69) is 10.6 Å². The zero-order valence-electron chi connectivity index (χ0n) is 14.8. The predicted octanol–water partition coefficient (Wildman–Crippen LogP) is 1.82. The number of carbonyl (C=O) groups is 2. The lowest BCUT2D eigenvalue weighted by atomic mass is 10.1. The summed E-state index contributed by atoms with van der Waals surface area (Å²) in [5.74, 6) is -0.103. The highest BCUT2D eigenvalue weighted by molar-refractivity contribution is 5.96. The van der Waals surface area contributed by atoms with Gasteiger partial charge in [0.15, 0.2) is 0 Å². The highest BCUT2D eigenvalue weighted by atomic mass is 16.5. The molecule has 1 heterocycles. The van der Waals surface area contributed by atoms with Gasteiger partial charge < -0.3 is 20.3 Å². The molecule has 136 valence electrons. The Morgan fingerprint density at radius 1 is 1.15 bits per heavy atom. The molecule has 2 aromatic carbocycles. The Bertz CT molecular complexity index is 741. The van der Waals surface area contributed by atoms with Gasteiger partial charge in [-0.3, -0.25) is 9.59 Å². The predicted molar refractivity (Wildman–Crippen MR) is 101 cm³/mol. The molecule has 3 rings (SSSR count). The second-order valence-corrected chi connectivity index (χ2v) is 6.23. The summed E-state index contributed by atoms with van der Waals surface area (Å²) in [5.41, 5.74) is 2.47. The number of likely N-dealkylation sites (N-methyl/N-ethyl adjacent to an activating group) is 1. The first-order chi connectivity index (χ1) is 12.6. The van der Waals surface area contributed by atoms with E-state index in [1.807, 2.05) is 54.6 Å². The third-order valence-corrected chi connectivity index (χ3v) is 4.33. The Kier molecular flexibility index (Phi) is 5.99. The molecular weight excluding hydrogens is 330 g/mol. The van der Waals surface area contributed by atoms with E-state index in [0.717, 1.165) is 11.3 Å². The molecule has 26 heavy (non-hydrogen) atoms. The Morgan fingerprint density at radius 3 is 2.54 bits per heavy atom. The van der Waals surface area contributed by atoms with Crippen LogP contribution < -0.4 is 15.5 Å². The fraction of sp³-hybridized carbons (Fsp3) is 0.300. The second-order valence-electron chi connectivity index (χ2n) is 6.23. The van der Waals surface area contributed by atoms with Crippen molar-refractivity contribution in [2.75, 3.05) is 37.0 Å². The number of rotatable bonds is 5. The Hall–Kier alpha value is -2.70. The first kappa shape index (κ1) is 18.1. The zero-order chi connectivity index (χ0) is 18.4. The molecule has 6 nitrogen and oxygen atoms in total. The number of benzene rings is 2. The molecule has 1 atom stereocenters. The van der Waals surface area contributed by atoms with Gasteiger partial charge in [-0.05, 0) is 29.8 Å². The highest BCUT2D eigenvalue weighted by Gasteiger charge is 2.21. The van der Waals surface area contributed by atoms with Crippen molar-refractivity contribution in [1.29, 1.82) is 0 Å². The number of hydrogen-bond donors (Lipinski definition) is 2. The molecule has 2 N–H and O–H groups in total. The summed E-state index contributed by atoms with van der Waals surface area (Å²) in [6, 6.07) is 16.5. The third kappa shape index (κ3) is 4.68. The number of morpholine rings is 1. The number of amides is 2. The van der Waals surface area contributed by atoms with Crippen LogP contribution in [-0.2, 0) is 20.7 Å². The lowest BCUT2D eigenvalue weighted by Gasteiger charge is -2.23. The number of hydrogen-bond acceptors (Lipinski definition) is 4. The van der Waals surface area contributed by atoms with E-state index < -0.39 is 0 Å². The molecule has 0 aromatic heterocycles. The quantitative estimate of drug-likeness (QED) is 0.860. The molecule has 2 amide bonds. The molecule has 0 saturated carbocycles. The normalized spacial score (nSPS) is 16.7. The number of ether oxygens (including phenoxy) is 1. The topological polar surface area (TPSA) is 70.7 Å². The number of para-hydroxylation sites is 1. The molecule has 0 spiro atoms. The van der Waals surface area contributed by atoms with Crippen molar-refractivity contribution in [2.45, 2.75) is 12.5 Å². The maximum absolute atomic E-state index is 12.4. The molecule has 1 unspecified atom stereocenters. The van der Waals surface area contributed by atoms with E-state index >= 15 is 0 Å². The number of nitrogens with one attached hydrogen (secondary N) is 2. The maximum Gasteiger partial charge on any atom is 0.243 e. The molecule has 1 aliphatic rings. The van der Waals surface area contributed by atoms with Crippen LogP contribution in [-0.4, -0.2) is 44.7 Å². The van der Waals surface area contributed by atoms with Gasteiger partial charge in [0.25, 0.3) is 0 Å². The molecule has 0 radical (unpaired) electrons. The standard InChI is InChI=1S/C20H23N3O3/c1-23(17-5-3-2-4-6-17)19(24)13-15-7-9-16(10-8-15)22-20(25)18-14-26-12-11-21-18/h2-10,18,21H,11-14H2,1H3,(H,22,25). The van der Waals surface area contributed by atoms with E-state index in [1.54, 1.807) is 11.9 Å². The average molecular weight is 353 g/mol. The Labute approximate surface area is 153 Å². The second kappa shape index (κ2) is 8.60. The maximum atomic E-state index is 12.4. The van der Waals surface area contributed by atoms with Crippen molar-refractivity contribution in [3.05, 3.63) is 60.2 Å². The summed E-state index contributed by atoms with van der Waals surface area (Å²) in [4.78, 5) is 26.2. The smallest absolute Gasteiger partial charge is 0.243 e. The third-order valence-electron chi connectivity index (χ3n) is 4.33. The minimum atomic E-state index is -0.329. The Balaban J connectivity index is 1.55. The van der Waals surface area contributed by atoms with Gasteiger partial charge >= 0.3 is 0 Å². The molecule has 0 bridgehead atoms. The van der Waals surface area contributed by atoms with E-state index in [4.69, 9.17) is 4.74 Å². The number of carbonyl (C=O) groups excluding carboxylic acids is 2. The van der Waals surface area contributed by atoms with Crippen LogP contribution in [0, 0.1) is 0 Å². The van der Waals surface area contributed by atoms with Gasteiger partial charge in [-0.15, -0.1) is 0 Å². The van der Waals surface area contributed by atoms with Gasteiger partial charge in [0.05, 0.1) is 19.6 Å². The first-order valence-electron chi connectivity index (χ1n) is 8.66. The van der Waals surface area contributed by atoms with Crippen LogP contribution in [0.2, 0.25) is 0 Å². The highest BCUT2D eigenvalue weighted by Crippen LogP contribution is 2.15. The monoisotopic (exact) mass is 353 g/mol. The summed E-state index contributed by atoms with van der Waals surface area (Å²) < 4.78 is 5.30. The minimum absolute atomic E-state index is 0.0107. The summed E-state index contributed by atoms with van der Waals surface area (Å²) >= 11 is 0. The average Bonchev–Trinajstić information content (AvgIpc) is 2.70. The molecule has 1 fully saturated rings. The van der Waals surface area contributed by atoms with E-state index in [1.165, 1.54) is 0 Å². The van der Waals surface area contributed by atoms with Crippen LogP contribution in [0.3, 0.4) is 0 Å². The van der Waals surface area contributed by atoms with E-state index in [-0.39, 0.29) is 17.9 Å². The molecule has 1 saturated heterocycles. The lowest BCUT2D eigenvalue weighted by Crippen LogP contribution is -2.48. The van der Waals surface area contributed by atoms with Crippen LogP contribution >= 0.6 is 0 Å². The largest absolute Gasteiger partial charge is 0.378 e. The van der Waals surface area contributed by atoms with Crippen molar-refractivity contribution in [2.24, 2.45) is 0 Å². The van der Waals surface area contributed by atoms with Crippen LogP contribution in [0.1, 0.15) is 5.56 Å². The van der Waals surface area contributed by atoms with Gasteiger partial charge in [0.2, 0.25) is 11.8 Å². The molecule has 0 aliphatic carbocycles. The minimum Gasteiger partial charge on any atom is -0.378 e. The van der Waals surface area contributed by atoms with Crippen molar-refractivity contribution in [3.8, 4) is 0 Å². The summed E-state index contributed by atoms with van der Waals surface area (Å²) in [5, 5.41) is 5.98. The summed E-state index contributed by atoms with van der Waals surface area (Å²) in [6.07, 6.45) is 0.303. The van der Waals surface area contributed by atoms with Crippen LogP contribution in [0.15, 0.2) is 54.6 Å². The van der Waals surface area contributed by atoms with Crippen molar-refractivity contribution in [3.63, 3.8) is 0 Å². The first-order valence-corrected chi connectivity index (χ1v) is 8.66. The van der Waals surface area contributed by atoms with Crippen molar-refractivity contribution < 1.29 is 14.3 Å². The molecule has 1 aliphatic heterocycles. The van der Waals surface area contributed by atoms with Gasteiger partial charge in [-0.25, -0.2) is 0 Å². The van der Waals surface area contributed by atoms with Gasteiger partial charge in [-0.2, -0.15) is 0 Å². The van der Waals surface area contributed by atoms with Crippen LogP contribution in [0.4, 0.5) is 11.4 Å².